The number of aliphatic hydroxyl groups is 1. The lowest BCUT2D eigenvalue weighted by atomic mass is 9.86. The second-order valence-corrected chi connectivity index (χ2v) is 15.0. The number of benzene rings is 3. The van der Waals surface area contributed by atoms with Crippen LogP contribution in [0.15, 0.2) is 83.7 Å². The van der Waals surface area contributed by atoms with Crippen LogP contribution in [0.1, 0.15) is 74.8 Å². The third-order valence-corrected chi connectivity index (χ3v) is 10.4. The Balaban J connectivity index is 0.924. The van der Waals surface area contributed by atoms with Gasteiger partial charge in [-0.2, -0.15) is 0 Å². The number of carbonyl (C=O) groups excluding carboxylic acids is 2. The predicted octanol–water partition coefficient (Wildman–Crippen LogP) is 5.59. The van der Waals surface area contributed by atoms with Crippen LogP contribution in [0.2, 0.25) is 0 Å². The molecular weight excluding hydrogens is 688 g/mol. The molecule has 3 saturated heterocycles. The summed E-state index contributed by atoms with van der Waals surface area (Å²) in [6, 6.07) is 22.9. The maximum absolute atomic E-state index is 13.2. The number of rotatable bonds is 17. The van der Waals surface area contributed by atoms with Crippen molar-refractivity contribution >= 4 is 23.0 Å². The average molecular weight is 741 g/mol. The van der Waals surface area contributed by atoms with Crippen LogP contribution in [0.5, 0.6) is 11.5 Å². The summed E-state index contributed by atoms with van der Waals surface area (Å²) in [5, 5.41) is 27.7. The van der Waals surface area contributed by atoms with E-state index in [4.69, 9.17) is 14.2 Å². The van der Waals surface area contributed by atoms with Gasteiger partial charge in [-0.05, 0) is 112 Å². The van der Waals surface area contributed by atoms with Crippen molar-refractivity contribution in [2.45, 2.75) is 64.2 Å². The van der Waals surface area contributed by atoms with Gasteiger partial charge in [0.05, 0.1) is 29.7 Å². The first kappa shape index (κ1) is 38.8. The normalized spacial score (nSPS) is 19.2. The van der Waals surface area contributed by atoms with Crippen LogP contribution in [0.25, 0.3) is 10.9 Å². The first-order valence-corrected chi connectivity index (χ1v) is 19.0. The number of ether oxygens (including phenoxy) is 3. The van der Waals surface area contributed by atoms with Crippen molar-refractivity contribution in [2.75, 3.05) is 45.9 Å². The fraction of sp³-hybridized carbons (Fsp3) is 0.452. The molecular formula is C42H52N4O8. The quantitative estimate of drug-likeness (QED) is 0.0682. The Kier molecular flexibility index (Phi) is 12.9. The second kappa shape index (κ2) is 17.9. The molecule has 0 aliphatic carbocycles. The standard InChI is InChI=1S/C42H52N4O8/c1-42(2,40(50)52-23-8-4-7-20-43-25-35(48)32-14-16-34(47)39-33(32)15-17-37(49)44-39)27-53-31-13-9-12-30(24-31)38(29-10-5-3-6-11-29)45-41(51)54-36-26-46-21-18-28(36)19-22-46/h3,5-6,9-17,24,28,35-36,38,43,47-48H,4,7-8,18-23,25-27H2,1-2H3,(H,44,49)(H,45,51). The molecule has 288 valence electrons. The fourth-order valence-electron chi connectivity index (χ4n) is 7.23. The zero-order chi connectivity index (χ0) is 38.1. The van der Waals surface area contributed by atoms with Gasteiger partial charge in [0, 0.05) is 24.5 Å². The monoisotopic (exact) mass is 740 g/mol. The van der Waals surface area contributed by atoms with Gasteiger partial charge < -0.3 is 40.0 Å². The average Bonchev–Trinajstić information content (AvgIpc) is 3.18. The minimum atomic E-state index is -0.893. The number of esters is 1. The summed E-state index contributed by atoms with van der Waals surface area (Å²) in [5.74, 6) is 0.595. The van der Waals surface area contributed by atoms with Gasteiger partial charge >= 0.3 is 12.1 Å². The fourth-order valence-corrected chi connectivity index (χ4v) is 7.23. The largest absolute Gasteiger partial charge is 0.506 e. The molecule has 3 atom stereocenters. The molecule has 1 amide bonds. The van der Waals surface area contributed by atoms with Gasteiger partial charge in [-0.15, -0.1) is 0 Å². The third-order valence-electron chi connectivity index (χ3n) is 10.4. The van der Waals surface area contributed by atoms with E-state index in [1.54, 1.807) is 26.0 Å². The maximum atomic E-state index is 13.2. The summed E-state index contributed by atoms with van der Waals surface area (Å²) in [7, 11) is 0. The molecule has 7 rings (SSSR count). The number of aromatic amines is 1. The molecule has 1 aromatic heterocycles. The smallest absolute Gasteiger partial charge is 0.408 e. The van der Waals surface area contributed by atoms with E-state index in [1.807, 2.05) is 54.6 Å². The number of fused-ring (bicyclic) bond motifs is 4. The highest BCUT2D eigenvalue weighted by Crippen LogP contribution is 2.32. The summed E-state index contributed by atoms with van der Waals surface area (Å²) in [6.07, 6.45) is 3.11. The van der Waals surface area contributed by atoms with E-state index >= 15 is 0 Å². The van der Waals surface area contributed by atoms with Crippen molar-refractivity contribution in [3.8, 4) is 11.5 Å². The number of nitrogens with one attached hydrogen (secondary N) is 3. The summed E-state index contributed by atoms with van der Waals surface area (Å²) in [6.45, 7) is 7.89. The molecule has 4 aromatic rings. The molecule has 4 heterocycles. The minimum absolute atomic E-state index is 0.0468. The van der Waals surface area contributed by atoms with Crippen molar-refractivity contribution in [2.24, 2.45) is 11.3 Å². The SMILES string of the molecule is CC(C)(COc1cccc(C(NC(=O)OC2CN3CCC2CC3)c2ccccc2)c1)C(=O)OCCCCCNCC(O)c1ccc(O)c2[nH]c(=O)ccc12. The van der Waals surface area contributed by atoms with Gasteiger partial charge in [0.1, 0.15) is 24.2 Å². The number of piperidine rings is 3. The van der Waals surface area contributed by atoms with Crippen molar-refractivity contribution in [1.82, 2.24) is 20.5 Å². The summed E-state index contributed by atoms with van der Waals surface area (Å²) < 4.78 is 17.7. The van der Waals surface area contributed by atoms with Crippen molar-refractivity contribution in [3.05, 3.63) is 106 Å². The topological polar surface area (TPSA) is 162 Å². The number of aromatic nitrogens is 1. The zero-order valence-electron chi connectivity index (χ0n) is 31.1. The number of aromatic hydroxyl groups is 1. The third kappa shape index (κ3) is 9.99. The number of alkyl carbamates (subject to hydrolysis) is 1. The number of amides is 1. The summed E-state index contributed by atoms with van der Waals surface area (Å²) in [5.41, 5.74) is 1.45. The molecule has 3 aliphatic heterocycles. The number of hydrogen-bond acceptors (Lipinski definition) is 10. The number of phenolic OH excluding ortho intramolecular Hbond substituents is 1. The molecule has 2 bridgehead atoms. The zero-order valence-corrected chi connectivity index (χ0v) is 31.1. The van der Waals surface area contributed by atoms with Crippen molar-refractivity contribution in [3.63, 3.8) is 0 Å². The van der Waals surface area contributed by atoms with Crippen molar-refractivity contribution < 1.29 is 34.0 Å². The van der Waals surface area contributed by atoms with E-state index in [0.717, 1.165) is 56.4 Å². The number of phenols is 1. The molecule has 3 fully saturated rings. The van der Waals surface area contributed by atoms with E-state index in [9.17, 15) is 24.6 Å². The first-order valence-electron chi connectivity index (χ1n) is 19.0. The predicted molar refractivity (Wildman–Crippen MR) is 205 cm³/mol. The van der Waals surface area contributed by atoms with Gasteiger partial charge in [0.15, 0.2) is 0 Å². The summed E-state index contributed by atoms with van der Waals surface area (Å²) >= 11 is 0. The maximum Gasteiger partial charge on any atom is 0.408 e. The number of H-pyrrole nitrogens is 1. The van der Waals surface area contributed by atoms with Crippen LogP contribution in [-0.2, 0) is 14.3 Å². The number of carbonyl (C=O) groups is 2. The molecule has 3 aliphatic rings. The highest BCUT2D eigenvalue weighted by atomic mass is 16.6. The Labute approximate surface area is 315 Å². The van der Waals surface area contributed by atoms with Gasteiger partial charge in [-0.1, -0.05) is 48.5 Å². The van der Waals surface area contributed by atoms with E-state index in [1.165, 1.54) is 12.1 Å². The highest BCUT2D eigenvalue weighted by Gasteiger charge is 2.37. The number of unbranched alkanes of at least 4 members (excludes halogenated alkanes) is 2. The number of hydrogen-bond donors (Lipinski definition) is 5. The Bertz CT molecular complexity index is 1920. The minimum Gasteiger partial charge on any atom is -0.506 e. The Morgan fingerprint density at radius 3 is 2.50 bits per heavy atom. The number of pyridine rings is 1. The van der Waals surface area contributed by atoms with Gasteiger partial charge in [-0.3, -0.25) is 14.5 Å². The Morgan fingerprint density at radius 2 is 1.74 bits per heavy atom. The van der Waals surface area contributed by atoms with Crippen LogP contribution < -0.4 is 20.9 Å². The van der Waals surface area contributed by atoms with Crippen LogP contribution in [-0.4, -0.2) is 84.2 Å². The van der Waals surface area contributed by atoms with Crippen molar-refractivity contribution in [1.29, 1.82) is 0 Å². The molecule has 5 N–H and O–H groups in total. The van der Waals surface area contributed by atoms with Gasteiger partial charge in [0.2, 0.25) is 5.56 Å². The molecule has 3 aromatic carbocycles. The molecule has 0 radical (unpaired) electrons. The number of aliphatic hydroxyl groups excluding tert-OH is 1. The second-order valence-electron chi connectivity index (χ2n) is 15.0. The van der Waals surface area contributed by atoms with E-state index in [0.29, 0.717) is 47.6 Å². The van der Waals surface area contributed by atoms with Crippen LogP contribution in [0, 0.1) is 11.3 Å². The van der Waals surface area contributed by atoms with E-state index in [2.05, 4.69) is 20.5 Å². The van der Waals surface area contributed by atoms with Crippen LogP contribution in [0.4, 0.5) is 4.79 Å². The van der Waals surface area contributed by atoms with Crippen LogP contribution >= 0.6 is 0 Å². The Morgan fingerprint density at radius 1 is 0.963 bits per heavy atom. The summed E-state index contributed by atoms with van der Waals surface area (Å²) in [4.78, 5) is 42.8. The Hall–Kier alpha value is -4.91. The van der Waals surface area contributed by atoms with Crippen LogP contribution in [0.3, 0.4) is 0 Å². The highest BCUT2D eigenvalue weighted by molar-refractivity contribution is 5.87. The van der Waals surface area contributed by atoms with Gasteiger partial charge in [0.25, 0.3) is 0 Å². The number of nitrogens with zero attached hydrogens (tertiary/aromatic N) is 1. The van der Waals surface area contributed by atoms with E-state index < -0.39 is 23.7 Å². The molecule has 0 saturated carbocycles. The van der Waals surface area contributed by atoms with Gasteiger partial charge in [-0.25, -0.2) is 4.79 Å². The first-order chi connectivity index (χ1) is 26.1. The molecule has 3 unspecified atom stereocenters. The lowest BCUT2D eigenvalue weighted by molar-refractivity contribution is -0.155. The lowest BCUT2D eigenvalue weighted by Gasteiger charge is -2.43. The molecule has 0 spiro atoms. The lowest BCUT2D eigenvalue weighted by Crippen LogP contribution is -2.52. The van der Waals surface area contributed by atoms with E-state index in [-0.39, 0.29) is 36.6 Å². The molecule has 12 nitrogen and oxygen atoms in total. The molecule has 54 heavy (non-hydrogen) atoms. The molecule has 12 heteroatoms.